The van der Waals surface area contributed by atoms with Crippen LogP contribution in [-0.4, -0.2) is 62.0 Å². The van der Waals surface area contributed by atoms with Crippen LogP contribution >= 0.6 is 11.0 Å². The maximum Gasteiger partial charge on any atom is 0.417 e. The third kappa shape index (κ3) is 4.32. The molecule has 0 bridgehead atoms. The number of hydrogen-bond donors (Lipinski definition) is 3. The normalized spacial score (nSPS) is 22.1. The Morgan fingerprint density at radius 2 is 1.91 bits per heavy atom. The number of nitrogens with zero attached hydrogens (tertiary/aromatic N) is 4. The zero-order valence-electron chi connectivity index (χ0n) is 17.3. The van der Waals surface area contributed by atoms with E-state index in [1.54, 1.807) is 12.2 Å². The van der Waals surface area contributed by atoms with E-state index in [2.05, 4.69) is 4.72 Å². The van der Waals surface area contributed by atoms with Crippen LogP contribution in [0, 0.1) is 11.3 Å². The van der Waals surface area contributed by atoms with Crippen molar-refractivity contribution in [3.63, 3.8) is 0 Å². The van der Waals surface area contributed by atoms with Crippen LogP contribution in [0.1, 0.15) is 25.0 Å². The molecule has 0 spiro atoms. The predicted octanol–water partition coefficient (Wildman–Crippen LogP) is 3.17. The maximum absolute atomic E-state index is 13.3. The number of urea groups is 1. The van der Waals surface area contributed by atoms with Crippen LogP contribution in [0.15, 0.2) is 30.4 Å². The van der Waals surface area contributed by atoms with Crippen molar-refractivity contribution in [1.29, 1.82) is 5.26 Å². The van der Waals surface area contributed by atoms with Crippen LogP contribution in [0.5, 0.6) is 0 Å². The van der Waals surface area contributed by atoms with Crippen LogP contribution in [0.25, 0.3) is 0 Å². The van der Waals surface area contributed by atoms with Crippen molar-refractivity contribution >= 4 is 28.6 Å². The fourth-order valence-corrected chi connectivity index (χ4v) is 4.65. The number of benzene rings is 1. The summed E-state index contributed by atoms with van der Waals surface area (Å²) in [5, 5.41) is 8.95. The van der Waals surface area contributed by atoms with Gasteiger partial charge in [0.05, 0.1) is 22.9 Å². The van der Waals surface area contributed by atoms with Crippen molar-refractivity contribution < 1.29 is 31.9 Å². The van der Waals surface area contributed by atoms with E-state index in [9.17, 15) is 31.9 Å². The van der Waals surface area contributed by atoms with E-state index in [1.807, 2.05) is 0 Å². The zero-order chi connectivity index (χ0) is 23.9. The molecule has 2 saturated heterocycles. The van der Waals surface area contributed by atoms with E-state index in [-0.39, 0.29) is 18.8 Å². The van der Waals surface area contributed by atoms with Gasteiger partial charge in [0.1, 0.15) is 5.54 Å². The topological polar surface area (TPSA) is 120 Å². The molecule has 3 N–H and O–H groups in total. The lowest BCUT2D eigenvalue weighted by Crippen LogP contribution is -2.44. The first kappa shape index (κ1) is 24.0. The fraction of sp³-hybridized carbons (Fsp3) is 0.421. The van der Waals surface area contributed by atoms with Gasteiger partial charge in [-0.05, 0) is 32.0 Å². The minimum absolute atomic E-state index is 0.0169. The molecule has 1 aromatic rings. The Kier molecular flexibility index (Phi) is 6.29. The van der Waals surface area contributed by atoms with E-state index in [0.29, 0.717) is 24.1 Å². The van der Waals surface area contributed by atoms with Crippen LogP contribution in [-0.2, 0) is 11.0 Å². The molecule has 2 fully saturated rings. The number of anilines is 1. The summed E-state index contributed by atoms with van der Waals surface area (Å²) in [6.07, 6.45) is -1.64. The zero-order valence-corrected chi connectivity index (χ0v) is 18.1. The molecule has 9 nitrogen and oxygen atoms in total. The first-order valence-electron chi connectivity index (χ1n) is 9.51. The Balaban J connectivity index is 1.81. The highest BCUT2D eigenvalue weighted by molar-refractivity contribution is 8.20. The fourth-order valence-electron chi connectivity index (χ4n) is 3.47. The summed E-state index contributed by atoms with van der Waals surface area (Å²) in [5.74, 6) is -0.702. The van der Waals surface area contributed by atoms with Gasteiger partial charge in [-0.2, -0.15) is 22.7 Å². The van der Waals surface area contributed by atoms with Gasteiger partial charge in [-0.3, -0.25) is 13.9 Å². The standard InChI is InChI=1S/C19H22F3N5O4S/c1-18(2)16(28)27(14-6-5-13(12-23)15(11-14)19(20,21)22)17(29)26(18)9-4-3-8-25-10-7-24-32(25,30)31/h3-6,11,24,30-31H,7-10H2,1-2H3. The number of carbonyl (C=O) groups excluding carboxylic acids is 2. The van der Waals surface area contributed by atoms with Gasteiger partial charge in [0, 0.05) is 26.2 Å². The van der Waals surface area contributed by atoms with Gasteiger partial charge >= 0.3 is 12.2 Å². The number of nitriles is 1. The van der Waals surface area contributed by atoms with E-state index >= 15 is 0 Å². The molecule has 3 amide bonds. The van der Waals surface area contributed by atoms with Crippen LogP contribution < -0.4 is 9.62 Å². The average molecular weight is 473 g/mol. The molecule has 1 aromatic carbocycles. The lowest BCUT2D eigenvalue weighted by Gasteiger charge is -2.35. The summed E-state index contributed by atoms with van der Waals surface area (Å²) in [5.41, 5.74) is -3.44. The Morgan fingerprint density at radius 3 is 2.47 bits per heavy atom. The van der Waals surface area contributed by atoms with Gasteiger partial charge < -0.3 is 4.90 Å². The second-order valence-corrected chi connectivity index (χ2v) is 9.55. The van der Waals surface area contributed by atoms with E-state index in [0.717, 1.165) is 12.1 Å². The van der Waals surface area contributed by atoms with Gasteiger partial charge in [0.25, 0.3) is 5.91 Å². The molecule has 0 atom stereocenters. The second-order valence-electron chi connectivity index (χ2n) is 7.70. The van der Waals surface area contributed by atoms with Gasteiger partial charge in [0.2, 0.25) is 0 Å². The summed E-state index contributed by atoms with van der Waals surface area (Å²) in [6.45, 7) is 3.98. The molecule has 0 radical (unpaired) electrons. The summed E-state index contributed by atoms with van der Waals surface area (Å²) in [7, 11) is -3.02. The molecule has 2 heterocycles. The number of halogens is 3. The number of imide groups is 1. The SMILES string of the molecule is CC1(C)C(=O)N(c2ccc(C#N)c(C(F)(F)F)c2)C(=O)N1CC=CCN1CCNS1(O)O. The van der Waals surface area contributed by atoms with Crippen LogP contribution in [0.4, 0.5) is 23.7 Å². The first-order chi connectivity index (χ1) is 14.8. The number of rotatable bonds is 5. The van der Waals surface area contributed by atoms with Crippen molar-refractivity contribution in [3.8, 4) is 6.07 Å². The van der Waals surface area contributed by atoms with E-state index in [4.69, 9.17) is 5.26 Å². The number of alkyl halides is 3. The Bertz CT molecular complexity index is 1010. The van der Waals surface area contributed by atoms with Crippen LogP contribution in [0.2, 0.25) is 0 Å². The minimum Gasteiger partial charge on any atom is -0.306 e. The number of amides is 3. The second kappa shape index (κ2) is 8.38. The molecular weight excluding hydrogens is 451 g/mol. The Morgan fingerprint density at radius 1 is 1.25 bits per heavy atom. The van der Waals surface area contributed by atoms with Crippen LogP contribution in [0.3, 0.4) is 0 Å². The molecule has 3 rings (SSSR count). The molecule has 2 aliphatic heterocycles. The molecule has 0 aliphatic carbocycles. The third-order valence-electron chi connectivity index (χ3n) is 5.29. The molecule has 174 valence electrons. The largest absolute Gasteiger partial charge is 0.417 e. The van der Waals surface area contributed by atoms with E-state index in [1.165, 1.54) is 29.1 Å². The van der Waals surface area contributed by atoms with Crippen molar-refractivity contribution in [2.45, 2.75) is 25.6 Å². The lowest BCUT2D eigenvalue weighted by molar-refractivity contribution is -0.137. The molecule has 0 unspecified atom stereocenters. The van der Waals surface area contributed by atoms with Gasteiger partial charge in [-0.1, -0.05) is 23.1 Å². The minimum atomic E-state index is -4.83. The molecule has 0 aromatic heterocycles. The van der Waals surface area contributed by atoms with E-state index < -0.39 is 45.7 Å². The van der Waals surface area contributed by atoms with Crippen molar-refractivity contribution in [2.24, 2.45) is 0 Å². The van der Waals surface area contributed by atoms with Crippen molar-refractivity contribution in [1.82, 2.24) is 13.9 Å². The van der Waals surface area contributed by atoms with Gasteiger partial charge in [-0.25, -0.2) is 14.4 Å². The van der Waals surface area contributed by atoms with Gasteiger partial charge in [0.15, 0.2) is 0 Å². The van der Waals surface area contributed by atoms with Gasteiger partial charge in [-0.15, -0.1) is 0 Å². The Hall–Kier alpha value is -2.63. The third-order valence-corrected chi connectivity index (χ3v) is 6.93. The average Bonchev–Trinajstić information content (AvgIpc) is 3.12. The number of nitrogens with one attached hydrogen (secondary N) is 1. The first-order valence-corrected chi connectivity index (χ1v) is 11.0. The summed E-state index contributed by atoms with van der Waals surface area (Å²) >= 11 is 0. The highest BCUT2D eigenvalue weighted by Gasteiger charge is 2.51. The monoisotopic (exact) mass is 473 g/mol. The molecule has 2 aliphatic rings. The predicted molar refractivity (Wildman–Crippen MR) is 111 cm³/mol. The highest BCUT2D eigenvalue weighted by atomic mass is 32.3. The molecule has 13 heteroatoms. The quantitative estimate of drug-likeness (QED) is 0.444. The lowest BCUT2D eigenvalue weighted by atomic mass is 10.0. The molecule has 0 saturated carbocycles. The Labute approximate surface area is 184 Å². The van der Waals surface area contributed by atoms with Crippen molar-refractivity contribution in [2.75, 3.05) is 31.1 Å². The smallest absolute Gasteiger partial charge is 0.306 e. The summed E-state index contributed by atoms with van der Waals surface area (Å²) in [6, 6.07) is 3.34. The molecule has 32 heavy (non-hydrogen) atoms. The summed E-state index contributed by atoms with van der Waals surface area (Å²) < 4.78 is 63.5. The number of carbonyl (C=O) groups is 2. The summed E-state index contributed by atoms with van der Waals surface area (Å²) in [4.78, 5) is 27.7. The molecular formula is C19H22F3N5O4S. The number of hydrogen-bond acceptors (Lipinski definition) is 7. The van der Waals surface area contributed by atoms with Crippen molar-refractivity contribution in [3.05, 3.63) is 41.5 Å². The highest BCUT2D eigenvalue weighted by Crippen LogP contribution is 2.41. The maximum atomic E-state index is 13.3.